The molecule has 10 nitrogen and oxygen atoms in total. The predicted octanol–water partition coefficient (Wildman–Crippen LogP) is -0.130. The van der Waals surface area contributed by atoms with E-state index in [1.165, 1.54) is 11.7 Å². The fourth-order valence-electron chi connectivity index (χ4n) is 4.27. The summed E-state index contributed by atoms with van der Waals surface area (Å²) in [5.41, 5.74) is 12.6. The molecule has 1 aliphatic heterocycles. The third-order valence-corrected chi connectivity index (χ3v) is 5.97. The summed E-state index contributed by atoms with van der Waals surface area (Å²) in [4.78, 5) is 27.6. The first-order valence-electron chi connectivity index (χ1n) is 9.69. The third kappa shape index (κ3) is 2.98. The summed E-state index contributed by atoms with van der Waals surface area (Å²) in [5.74, 6) is 6.34. The Labute approximate surface area is 167 Å². The van der Waals surface area contributed by atoms with Crippen molar-refractivity contribution in [2.45, 2.75) is 37.8 Å². The first-order chi connectivity index (χ1) is 13.9. The van der Waals surface area contributed by atoms with Crippen molar-refractivity contribution in [1.82, 2.24) is 9.24 Å². The maximum Gasteiger partial charge on any atom is 0.350 e. The van der Waals surface area contributed by atoms with Crippen molar-refractivity contribution in [3.63, 3.8) is 0 Å². The number of ether oxygens (including phenoxy) is 1. The van der Waals surface area contributed by atoms with Gasteiger partial charge in [0.2, 0.25) is 0 Å². The minimum Gasteiger partial charge on any atom is -0.492 e. The van der Waals surface area contributed by atoms with E-state index in [-0.39, 0.29) is 29.1 Å². The zero-order chi connectivity index (χ0) is 20.9. The van der Waals surface area contributed by atoms with E-state index in [0.717, 1.165) is 19.3 Å². The Morgan fingerprint density at radius 3 is 2.69 bits per heavy atom. The Morgan fingerprint density at radius 1 is 1.34 bits per heavy atom. The summed E-state index contributed by atoms with van der Waals surface area (Å²) < 4.78 is 7.85. The number of anilines is 2. The number of nitrogens with two attached hydrogens (primary N) is 3. The summed E-state index contributed by atoms with van der Waals surface area (Å²) in [5, 5.41) is 9.12. The Kier molecular flexibility index (Phi) is 4.62. The predicted molar refractivity (Wildman–Crippen MR) is 110 cm³/mol. The van der Waals surface area contributed by atoms with Gasteiger partial charge in [-0.05, 0) is 31.2 Å². The van der Waals surface area contributed by atoms with Crippen LogP contribution in [0.3, 0.4) is 0 Å². The Morgan fingerprint density at radius 2 is 2.07 bits per heavy atom. The van der Waals surface area contributed by atoms with Crippen LogP contribution in [0.1, 0.15) is 31.7 Å². The molecule has 2 heterocycles. The fourth-order valence-corrected chi connectivity index (χ4v) is 4.27. The van der Waals surface area contributed by atoms with Gasteiger partial charge in [-0.2, -0.15) is 9.94 Å². The zero-order valence-electron chi connectivity index (χ0n) is 16.3. The van der Waals surface area contributed by atoms with Crippen molar-refractivity contribution in [3.8, 4) is 11.8 Å². The average molecular weight is 399 g/mol. The molecule has 0 bridgehead atoms. The van der Waals surface area contributed by atoms with Crippen LogP contribution in [0.15, 0.2) is 15.7 Å². The molecule has 2 aliphatic rings. The molecular formula is C19H25N7O3. The lowest BCUT2D eigenvalue weighted by Gasteiger charge is -2.25. The molecule has 1 saturated heterocycles. The zero-order valence-corrected chi connectivity index (χ0v) is 16.3. The molecule has 4 rings (SSSR count). The van der Waals surface area contributed by atoms with E-state index < -0.39 is 11.2 Å². The minimum atomic E-state index is -0.639. The summed E-state index contributed by atoms with van der Waals surface area (Å²) in [7, 11) is 1.51. The largest absolute Gasteiger partial charge is 0.492 e. The number of nitrogens with zero attached hydrogens (tertiary/aromatic N) is 4. The lowest BCUT2D eigenvalue weighted by molar-refractivity contribution is 0.415. The van der Waals surface area contributed by atoms with Gasteiger partial charge in [-0.3, -0.25) is 9.36 Å². The number of nitriles is 1. The maximum atomic E-state index is 12.8. The number of benzene rings is 1. The summed E-state index contributed by atoms with van der Waals surface area (Å²) in [6.45, 7) is 1.36. The van der Waals surface area contributed by atoms with Crippen LogP contribution >= 0.6 is 0 Å². The molecule has 0 spiro atoms. The van der Waals surface area contributed by atoms with Crippen LogP contribution in [-0.2, 0) is 0 Å². The molecule has 0 radical (unpaired) electrons. The van der Waals surface area contributed by atoms with Crippen LogP contribution in [-0.4, -0.2) is 35.5 Å². The Bertz CT molecular complexity index is 1130. The van der Waals surface area contributed by atoms with Gasteiger partial charge < -0.3 is 26.9 Å². The van der Waals surface area contributed by atoms with E-state index in [0.29, 0.717) is 41.1 Å². The number of methoxy groups -OCH3 is 1. The highest BCUT2D eigenvalue weighted by Crippen LogP contribution is 2.44. The van der Waals surface area contributed by atoms with E-state index in [2.05, 4.69) is 11.0 Å². The van der Waals surface area contributed by atoms with Gasteiger partial charge in [-0.25, -0.2) is 4.79 Å². The van der Waals surface area contributed by atoms with Gasteiger partial charge in [0.05, 0.1) is 30.7 Å². The van der Waals surface area contributed by atoms with Crippen LogP contribution < -0.4 is 38.2 Å². The van der Waals surface area contributed by atoms with Crippen molar-refractivity contribution in [1.29, 1.82) is 5.26 Å². The molecule has 0 amide bonds. The normalized spacial score (nSPS) is 20.0. The highest BCUT2D eigenvalue weighted by Gasteiger charge is 2.34. The standard InChI is InChI=1S/C19H25N7O3/c1-29-17-14(24-7-5-10(9-24)12(21)4-6-20)8-13(22)15-16(17)25(11-2-3-11)19(28)26(23)18(15)27/h8,10-12H,2-5,7,9,21-23H2,1H3. The summed E-state index contributed by atoms with van der Waals surface area (Å²) >= 11 is 0. The number of aromatic nitrogens is 2. The number of fused-ring (bicyclic) bond motifs is 1. The minimum absolute atomic E-state index is 0.0284. The van der Waals surface area contributed by atoms with Crippen molar-refractivity contribution in [2.24, 2.45) is 11.7 Å². The molecule has 2 atom stereocenters. The maximum absolute atomic E-state index is 12.8. The number of hydrogen-bond donors (Lipinski definition) is 3. The molecule has 6 N–H and O–H groups in total. The van der Waals surface area contributed by atoms with Gasteiger partial charge in [-0.15, -0.1) is 0 Å². The van der Waals surface area contributed by atoms with Crippen LogP contribution in [0.2, 0.25) is 0 Å². The number of nitrogen functional groups attached to an aromatic ring is 2. The summed E-state index contributed by atoms with van der Waals surface area (Å²) in [6.07, 6.45) is 2.79. The smallest absolute Gasteiger partial charge is 0.350 e. The van der Waals surface area contributed by atoms with Crippen LogP contribution in [0, 0.1) is 17.2 Å². The second-order valence-corrected chi connectivity index (χ2v) is 7.82. The molecular weight excluding hydrogens is 374 g/mol. The van der Waals surface area contributed by atoms with E-state index in [4.69, 9.17) is 27.3 Å². The molecule has 10 heteroatoms. The van der Waals surface area contributed by atoms with Gasteiger partial charge in [0.1, 0.15) is 5.52 Å². The van der Waals surface area contributed by atoms with Crippen molar-refractivity contribution in [3.05, 3.63) is 26.9 Å². The first-order valence-corrected chi connectivity index (χ1v) is 9.69. The molecule has 2 fully saturated rings. The van der Waals surface area contributed by atoms with Crippen LogP contribution in [0.4, 0.5) is 11.4 Å². The fraction of sp³-hybridized carbons (Fsp3) is 0.526. The topological polar surface area (TPSA) is 158 Å². The van der Waals surface area contributed by atoms with Crippen LogP contribution in [0.5, 0.6) is 5.75 Å². The average Bonchev–Trinajstić information content (AvgIpc) is 3.40. The monoisotopic (exact) mass is 399 g/mol. The van der Waals surface area contributed by atoms with E-state index >= 15 is 0 Å². The van der Waals surface area contributed by atoms with E-state index in [1.54, 1.807) is 6.07 Å². The Hall–Kier alpha value is -3.19. The van der Waals surface area contributed by atoms with Crippen molar-refractivity contribution < 1.29 is 4.74 Å². The van der Waals surface area contributed by atoms with Gasteiger partial charge in [0.25, 0.3) is 5.56 Å². The highest BCUT2D eigenvalue weighted by atomic mass is 16.5. The number of rotatable bonds is 5. The molecule has 1 saturated carbocycles. The molecule has 1 aromatic heterocycles. The van der Waals surface area contributed by atoms with Gasteiger partial charge in [-0.1, -0.05) is 0 Å². The van der Waals surface area contributed by atoms with E-state index in [9.17, 15) is 9.59 Å². The molecule has 2 aromatic rings. The van der Waals surface area contributed by atoms with Crippen molar-refractivity contribution in [2.75, 3.05) is 36.7 Å². The quantitative estimate of drug-likeness (QED) is 0.463. The van der Waals surface area contributed by atoms with Gasteiger partial charge in [0.15, 0.2) is 5.75 Å². The van der Waals surface area contributed by atoms with Crippen molar-refractivity contribution >= 4 is 22.3 Å². The molecule has 154 valence electrons. The van der Waals surface area contributed by atoms with Crippen LogP contribution in [0.25, 0.3) is 10.9 Å². The summed E-state index contributed by atoms with van der Waals surface area (Å²) in [6, 6.07) is 3.59. The number of hydrogen-bond acceptors (Lipinski definition) is 8. The Balaban J connectivity index is 1.91. The highest BCUT2D eigenvalue weighted by molar-refractivity contribution is 5.99. The molecule has 1 aromatic carbocycles. The second kappa shape index (κ2) is 7.00. The van der Waals surface area contributed by atoms with Gasteiger partial charge in [0, 0.05) is 30.9 Å². The second-order valence-electron chi connectivity index (χ2n) is 7.82. The van der Waals surface area contributed by atoms with E-state index in [1.807, 2.05) is 0 Å². The molecule has 1 aliphatic carbocycles. The first kappa shape index (κ1) is 19.1. The molecule has 2 unspecified atom stereocenters. The SMILES string of the molecule is COc1c(N2CCC(C(N)CC#N)C2)cc(N)c2c(=O)n(N)c(=O)n(C3CC3)c12. The molecule has 29 heavy (non-hydrogen) atoms. The lowest BCUT2D eigenvalue weighted by atomic mass is 9.98. The lowest BCUT2D eigenvalue weighted by Crippen LogP contribution is -2.44. The van der Waals surface area contributed by atoms with Gasteiger partial charge >= 0.3 is 5.69 Å². The third-order valence-electron chi connectivity index (χ3n) is 5.97.